The molecular formula is C18H24FN3O2. The molecule has 0 aromatic heterocycles. The van der Waals surface area contributed by atoms with Crippen LogP contribution in [0.25, 0.3) is 0 Å². The van der Waals surface area contributed by atoms with Crippen molar-refractivity contribution in [3.05, 3.63) is 35.6 Å². The molecule has 2 saturated heterocycles. The molecule has 2 aliphatic heterocycles. The first kappa shape index (κ1) is 16.9. The maximum absolute atomic E-state index is 13.2. The lowest BCUT2D eigenvalue weighted by molar-refractivity contribution is -0.138. The van der Waals surface area contributed by atoms with Crippen LogP contribution in [0.15, 0.2) is 24.3 Å². The molecule has 24 heavy (non-hydrogen) atoms. The van der Waals surface area contributed by atoms with Gasteiger partial charge in [-0.15, -0.1) is 0 Å². The van der Waals surface area contributed by atoms with Gasteiger partial charge in [0, 0.05) is 39.6 Å². The van der Waals surface area contributed by atoms with E-state index in [1.54, 1.807) is 24.1 Å². The van der Waals surface area contributed by atoms with E-state index >= 15 is 0 Å². The van der Waals surface area contributed by atoms with Crippen molar-refractivity contribution < 1.29 is 14.0 Å². The quantitative estimate of drug-likeness (QED) is 0.842. The summed E-state index contributed by atoms with van der Waals surface area (Å²) in [6, 6.07) is 5.80. The van der Waals surface area contributed by atoms with Gasteiger partial charge in [-0.1, -0.05) is 19.1 Å². The van der Waals surface area contributed by atoms with Crippen LogP contribution in [0.3, 0.4) is 0 Å². The summed E-state index contributed by atoms with van der Waals surface area (Å²) >= 11 is 0. The Morgan fingerprint density at radius 1 is 1.17 bits per heavy atom. The van der Waals surface area contributed by atoms with Crippen molar-refractivity contribution in [1.29, 1.82) is 0 Å². The maximum Gasteiger partial charge on any atom is 0.228 e. The second-order valence-corrected chi connectivity index (χ2v) is 6.57. The summed E-state index contributed by atoms with van der Waals surface area (Å²) in [4.78, 5) is 31.0. The van der Waals surface area contributed by atoms with Crippen LogP contribution in [0.4, 0.5) is 4.39 Å². The number of benzene rings is 1. The summed E-state index contributed by atoms with van der Waals surface area (Å²) in [5.74, 6) is -0.696. The number of piperazine rings is 1. The van der Waals surface area contributed by atoms with Gasteiger partial charge in [-0.25, -0.2) is 4.39 Å². The fourth-order valence-corrected chi connectivity index (χ4v) is 3.73. The zero-order chi connectivity index (χ0) is 17.3. The Hall–Kier alpha value is -1.95. The summed E-state index contributed by atoms with van der Waals surface area (Å²) in [5.41, 5.74) is 0.815. The molecule has 0 spiro atoms. The van der Waals surface area contributed by atoms with E-state index in [1.165, 1.54) is 12.1 Å². The molecule has 0 saturated carbocycles. The summed E-state index contributed by atoms with van der Waals surface area (Å²) in [5, 5.41) is 0. The van der Waals surface area contributed by atoms with Crippen molar-refractivity contribution in [2.24, 2.45) is 5.92 Å². The second kappa shape index (κ2) is 6.89. The highest BCUT2D eigenvalue weighted by Crippen LogP contribution is 2.38. The molecule has 0 radical (unpaired) electrons. The average Bonchev–Trinajstić information content (AvgIpc) is 2.90. The molecule has 2 amide bonds. The number of hydrogen-bond donors (Lipinski definition) is 0. The lowest BCUT2D eigenvalue weighted by atomic mass is 9.92. The first-order valence-corrected chi connectivity index (χ1v) is 8.53. The number of likely N-dealkylation sites (tertiary alicyclic amines) is 1. The largest absolute Gasteiger partial charge is 0.340 e. The normalized spacial score (nSPS) is 25.4. The van der Waals surface area contributed by atoms with Crippen molar-refractivity contribution in [2.75, 3.05) is 39.8 Å². The minimum absolute atomic E-state index is 0.0325. The molecule has 5 nitrogen and oxygen atoms in total. The first-order valence-electron chi connectivity index (χ1n) is 8.53. The van der Waals surface area contributed by atoms with E-state index in [1.807, 2.05) is 4.90 Å². The lowest BCUT2D eigenvalue weighted by Gasteiger charge is -2.36. The SMILES string of the molecule is CCN1CCN(C(=O)C2CC(=O)N(C)C2c2ccc(F)cc2)CC1. The standard InChI is InChI=1S/C18H24FN3O2/c1-3-21-8-10-22(11-9-21)18(24)15-12-16(23)20(2)17(15)13-4-6-14(19)7-5-13/h4-7,15,17H,3,8-12H2,1-2H3. The smallest absolute Gasteiger partial charge is 0.228 e. The van der Waals surface area contributed by atoms with Gasteiger partial charge in [-0.2, -0.15) is 0 Å². The predicted octanol–water partition coefficient (Wildman–Crippen LogP) is 1.51. The van der Waals surface area contributed by atoms with Crippen LogP contribution in [-0.2, 0) is 9.59 Å². The molecule has 1 aromatic rings. The molecule has 0 N–H and O–H groups in total. The Kier molecular flexibility index (Phi) is 4.85. The molecule has 2 heterocycles. The number of hydrogen-bond acceptors (Lipinski definition) is 3. The van der Waals surface area contributed by atoms with Crippen LogP contribution in [0.5, 0.6) is 0 Å². The third-order valence-electron chi connectivity index (χ3n) is 5.25. The van der Waals surface area contributed by atoms with E-state index in [9.17, 15) is 14.0 Å². The van der Waals surface area contributed by atoms with E-state index in [-0.39, 0.29) is 36.0 Å². The molecule has 0 aliphatic carbocycles. The van der Waals surface area contributed by atoms with Crippen LogP contribution >= 0.6 is 0 Å². The summed E-state index contributed by atoms with van der Waals surface area (Å²) < 4.78 is 13.2. The highest BCUT2D eigenvalue weighted by Gasteiger charge is 2.44. The van der Waals surface area contributed by atoms with E-state index in [2.05, 4.69) is 11.8 Å². The minimum Gasteiger partial charge on any atom is -0.340 e. The number of carbonyl (C=O) groups excluding carboxylic acids is 2. The van der Waals surface area contributed by atoms with Gasteiger partial charge in [0.25, 0.3) is 0 Å². The molecule has 2 aliphatic rings. The number of halogens is 1. The van der Waals surface area contributed by atoms with Crippen LogP contribution < -0.4 is 0 Å². The van der Waals surface area contributed by atoms with Gasteiger partial charge >= 0.3 is 0 Å². The van der Waals surface area contributed by atoms with Crippen molar-refractivity contribution >= 4 is 11.8 Å². The molecular weight excluding hydrogens is 309 g/mol. The molecule has 2 atom stereocenters. The lowest BCUT2D eigenvalue weighted by Crippen LogP contribution is -2.50. The van der Waals surface area contributed by atoms with E-state index < -0.39 is 0 Å². The highest BCUT2D eigenvalue weighted by atomic mass is 19.1. The summed E-state index contributed by atoms with van der Waals surface area (Å²) in [7, 11) is 1.72. The fraction of sp³-hybridized carbons (Fsp3) is 0.556. The third kappa shape index (κ3) is 3.15. The predicted molar refractivity (Wildman–Crippen MR) is 88.7 cm³/mol. The van der Waals surface area contributed by atoms with Crippen molar-refractivity contribution in [3.63, 3.8) is 0 Å². The number of likely N-dealkylation sites (N-methyl/N-ethyl adjacent to an activating group) is 1. The van der Waals surface area contributed by atoms with Crippen molar-refractivity contribution in [3.8, 4) is 0 Å². The van der Waals surface area contributed by atoms with Gasteiger partial charge in [0.05, 0.1) is 12.0 Å². The zero-order valence-corrected chi connectivity index (χ0v) is 14.2. The molecule has 3 rings (SSSR count). The number of amides is 2. The topological polar surface area (TPSA) is 43.9 Å². The molecule has 2 fully saturated rings. The molecule has 0 bridgehead atoms. The van der Waals surface area contributed by atoms with E-state index in [4.69, 9.17) is 0 Å². The Morgan fingerprint density at radius 2 is 1.79 bits per heavy atom. The molecule has 6 heteroatoms. The maximum atomic E-state index is 13.2. The van der Waals surface area contributed by atoms with E-state index in [0.717, 1.165) is 25.2 Å². The summed E-state index contributed by atoms with van der Waals surface area (Å²) in [6.45, 7) is 6.27. The van der Waals surface area contributed by atoms with Gasteiger partial charge in [-0.05, 0) is 24.2 Å². The van der Waals surface area contributed by atoms with Crippen LogP contribution in [-0.4, -0.2) is 66.3 Å². The average molecular weight is 333 g/mol. The number of rotatable bonds is 3. The minimum atomic E-state index is -0.388. The van der Waals surface area contributed by atoms with Crippen molar-refractivity contribution in [1.82, 2.24) is 14.7 Å². The fourth-order valence-electron chi connectivity index (χ4n) is 3.73. The van der Waals surface area contributed by atoms with Gasteiger partial charge in [-0.3, -0.25) is 9.59 Å². The van der Waals surface area contributed by atoms with Gasteiger partial charge in [0.1, 0.15) is 5.82 Å². The van der Waals surface area contributed by atoms with Gasteiger partial charge < -0.3 is 14.7 Å². The van der Waals surface area contributed by atoms with Crippen LogP contribution in [0.2, 0.25) is 0 Å². The third-order valence-corrected chi connectivity index (χ3v) is 5.25. The highest BCUT2D eigenvalue weighted by molar-refractivity contribution is 5.90. The first-order chi connectivity index (χ1) is 11.5. The van der Waals surface area contributed by atoms with Crippen LogP contribution in [0.1, 0.15) is 24.9 Å². The number of nitrogens with zero attached hydrogens (tertiary/aromatic N) is 3. The Bertz CT molecular complexity index is 611. The Morgan fingerprint density at radius 3 is 2.38 bits per heavy atom. The number of carbonyl (C=O) groups is 2. The van der Waals surface area contributed by atoms with Crippen LogP contribution in [0, 0.1) is 11.7 Å². The Labute approximate surface area is 142 Å². The molecule has 2 unspecified atom stereocenters. The summed E-state index contributed by atoms with van der Waals surface area (Å²) in [6.07, 6.45) is 0.228. The van der Waals surface area contributed by atoms with E-state index in [0.29, 0.717) is 13.1 Å². The zero-order valence-electron chi connectivity index (χ0n) is 14.2. The molecule has 130 valence electrons. The monoisotopic (exact) mass is 333 g/mol. The molecule has 1 aromatic carbocycles. The van der Waals surface area contributed by atoms with Gasteiger partial charge in [0.15, 0.2) is 0 Å². The van der Waals surface area contributed by atoms with Gasteiger partial charge in [0.2, 0.25) is 11.8 Å². The second-order valence-electron chi connectivity index (χ2n) is 6.57. The Balaban J connectivity index is 1.78. The van der Waals surface area contributed by atoms with Crippen molar-refractivity contribution in [2.45, 2.75) is 19.4 Å².